The van der Waals surface area contributed by atoms with Crippen LogP contribution in [0.4, 0.5) is 5.13 Å². The van der Waals surface area contributed by atoms with Gasteiger partial charge in [0.15, 0.2) is 5.13 Å². The number of nitrogens with one attached hydrogen (secondary N) is 1. The van der Waals surface area contributed by atoms with Gasteiger partial charge in [-0.15, -0.1) is 11.3 Å². The number of benzene rings is 1. The van der Waals surface area contributed by atoms with Gasteiger partial charge in [0.05, 0.1) is 18.7 Å². The Labute approximate surface area is 129 Å². The predicted octanol–water partition coefficient (Wildman–Crippen LogP) is 3.42. The number of thiazole rings is 1. The van der Waals surface area contributed by atoms with Gasteiger partial charge in [0.2, 0.25) is 0 Å². The first-order valence-corrected chi connectivity index (χ1v) is 8.01. The average molecular weight is 304 g/mol. The minimum Gasteiger partial charge on any atom is -0.466 e. The van der Waals surface area contributed by atoms with Crippen molar-refractivity contribution in [2.75, 3.05) is 11.9 Å². The summed E-state index contributed by atoms with van der Waals surface area (Å²) >= 11 is 1.51. The number of hydrogen-bond acceptors (Lipinski definition) is 5. The van der Waals surface area contributed by atoms with E-state index in [1.54, 1.807) is 6.92 Å². The number of nitrogens with zero attached hydrogens (tertiary/aromatic N) is 1. The number of carbonyl (C=O) groups is 1. The van der Waals surface area contributed by atoms with Crippen molar-refractivity contribution in [3.8, 4) is 0 Å². The zero-order valence-corrected chi connectivity index (χ0v) is 13.2. The molecule has 2 aromatic rings. The Morgan fingerprint density at radius 2 is 1.95 bits per heavy atom. The summed E-state index contributed by atoms with van der Waals surface area (Å²) in [5.41, 5.74) is 3.31. The Bertz CT molecular complexity index is 578. The van der Waals surface area contributed by atoms with Gasteiger partial charge in [-0.05, 0) is 24.5 Å². The van der Waals surface area contributed by atoms with E-state index in [1.807, 2.05) is 5.38 Å². The Morgan fingerprint density at radius 1 is 1.24 bits per heavy atom. The van der Waals surface area contributed by atoms with Crippen LogP contribution in [0.3, 0.4) is 0 Å². The van der Waals surface area contributed by atoms with Crippen molar-refractivity contribution < 1.29 is 9.53 Å². The van der Waals surface area contributed by atoms with Crippen LogP contribution in [0.15, 0.2) is 29.6 Å². The van der Waals surface area contributed by atoms with Crippen molar-refractivity contribution in [2.45, 2.75) is 33.2 Å². The molecule has 0 aliphatic carbocycles. The van der Waals surface area contributed by atoms with E-state index in [2.05, 4.69) is 41.5 Å². The number of rotatable bonds is 7. The molecule has 21 heavy (non-hydrogen) atoms. The summed E-state index contributed by atoms with van der Waals surface area (Å²) in [6.45, 7) is 5.09. The van der Waals surface area contributed by atoms with Crippen molar-refractivity contribution in [3.63, 3.8) is 0 Å². The first-order valence-electron chi connectivity index (χ1n) is 7.13. The van der Waals surface area contributed by atoms with Gasteiger partial charge >= 0.3 is 5.97 Å². The van der Waals surface area contributed by atoms with E-state index in [0.717, 1.165) is 23.8 Å². The highest BCUT2D eigenvalue weighted by molar-refractivity contribution is 7.13. The molecule has 112 valence electrons. The summed E-state index contributed by atoms with van der Waals surface area (Å²) in [6, 6.07) is 8.54. The smallest absolute Gasteiger partial charge is 0.311 e. The lowest BCUT2D eigenvalue weighted by molar-refractivity contribution is -0.142. The number of carbonyl (C=O) groups excluding carboxylic acids is 1. The molecule has 0 spiro atoms. The van der Waals surface area contributed by atoms with Crippen LogP contribution in [-0.2, 0) is 28.9 Å². The van der Waals surface area contributed by atoms with E-state index >= 15 is 0 Å². The molecule has 0 atom stereocenters. The lowest BCUT2D eigenvalue weighted by Gasteiger charge is -2.04. The van der Waals surface area contributed by atoms with Gasteiger partial charge in [-0.1, -0.05) is 31.2 Å². The summed E-state index contributed by atoms with van der Waals surface area (Å²) in [4.78, 5) is 15.8. The number of aryl methyl sites for hydroxylation is 1. The highest BCUT2D eigenvalue weighted by Crippen LogP contribution is 2.17. The third-order valence-corrected chi connectivity index (χ3v) is 3.91. The molecule has 1 heterocycles. The van der Waals surface area contributed by atoms with Crippen LogP contribution in [0.1, 0.15) is 30.7 Å². The fraction of sp³-hybridized carbons (Fsp3) is 0.375. The largest absolute Gasteiger partial charge is 0.466 e. The molecular formula is C16H20N2O2S. The number of esters is 1. The molecule has 0 amide bonds. The highest BCUT2D eigenvalue weighted by atomic mass is 32.1. The monoisotopic (exact) mass is 304 g/mol. The second-order valence-electron chi connectivity index (χ2n) is 4.65. The molecular weight excluding hydrogens is 284 g/mol. The van der Waals surface area contributed by atoms with Crippen LogP contribution < -0.4 is 5.32 Å². The quantitative estimate of drug-likeness (QED) is 0.796. The van der Waals surface area contributed by atoms with Crippen molar-refractivity contribution >= 4 is 22.4 Å². The normalized spacial score (nSPS) is 10.4. The van der Waals surface area contributed by atoms with E-state index in [1.165, 1.54) is 22.5 Å². The van der Waals surface area contributed by atoms with Crippen molar-refractivity contribution in [3.05, 3.63) is 46.5 Å². The Balaban J connectivity index is 1.85. The zero-order chi connectivity index (χ0) is 15.1. The number of ether oxygens (including phenoxy) is 1. The van der Waals surface area contributed by atoms with Crippen molar-refractivity contribution in [1.29, 1.82) is 0 Å². The second-order valence-corrected chi connectivity index (χ2v) is 5.51. The lowest BCUT2D eigenvalue weighted by atomic mass is 10.1. The minimum atomic E-state index is -0.232. The van der Waals surface area contributed by atoms with Crippen molar-refractivity contribution in [1.82, 2.24) is 4.98 Å². The van der Waals surface area contributed by atoms with Crippen LogP contribution in [0, 0.1) is 0 Å². The van der Waals surface area contributed by atoms with Gasteiger partial charge in [0.1, 0.15) is 0 Å². The van der Waals surface area contributed by atoms with E-state index in [-0.39, 0.29) is 12.4 Å². The minimum absolute atomic E-state index is 0.232. The van der Waals surface area contributed by atoms with Gasteiger partial charge < -0.3 is 10.1 Å². The summed E-state index contributed by atoms with van der Waals surface area (Å²) < 4.78 is 4.91. The molecule has 0 aliphatic rings. The third kappa shape index (κ3) is 4.86. The van der Waals surface area contributed by atoms with E-state index in [0.29, 0.717) is 6.61 Å². The summed E-state index contributed by atoms with van der Waals surface area (Å²) in [7, 11) is 0. The van der Waals surface area contributed by atoms with Crippen LogP contribution >= 0.6 is 11.3 Å². The fourth-order valence-electron chi connectivity index (χ4n) is 1.90. The zero-order valence-electron chi connectivity index (χ0n) is 12.4. The molecule has 0 saturated carbocycles. The van der Waals surface area contributed by atoms with E-state index in [4.69, 9.17) is 4.74 Å². The Kier molecular flexibility index (Phi) is 5.75. The van der Waals surface area contributed by atoms with Crippen LogP contribution in [-0.4, -0.2) is 17.6 Å². The Hall–Kier alpha value is -1.88. The molecule has 4 nitrogen and oxygen atoms in total. The standard InChI is InChI=1S/C16H20N2O2S/c1-3-12-5-7-13(8-6-12)10-17-16-18-14(11-21-16)9-15(19)20-4-2/h5-8,11H,3-4,9-10H2,1-2H3,(H,17,18). The molecule has 2 rings (SSSR count). The molecule has 1 aromatic heterocycles. The molecule has 1 aromatic carbocycles. The molecule has 0 fully saturated rings. The molecule has 5 heteroatoms. The lowest BCUT2D eigenvalue weighted by Crippen LogP contribution is -2.07. The molecule has 0 radical (unpaired) electrons. The van der Waals surface area contributed by atoms with Crippen LogP contribution in [0.5, 0.6) is 0 Å². The SMILES string of the molecule is CCOC(=O)Cc1csc(NCc2ccc(CC)cc2)n1. The van der Waals surface area contributed by atoms with E-state index < -0.39 is 0 Å². The van der Waals surface area contributed by atoms with Crippen LogP contribution in [0.2, 0.25) is 0 Å². The number of aromatic nitrogens is 1. The maximum absolute atomic E-state index is 11.4. The molecule has 0 aliphatic heterocycles. The average Bonchev–Trinajstić information content (AvgIpc) is 2.93. The number of hydrogen-bond donors (Lipinski definition) is 1. The highest BCUT2D eigenvalue weighted by Gasteiger charge is 2.08. The first-order chi connectivity index (χ1) is 10.2. The summed E-state index contributed by atoms with van der Waals surface area (Å²) in [5.74, 6) is -0.232. The van der Waals surface area contributed by atoms with Gasteiger partial charge in [0, 0.05) is 11.9 Å². The van der Waals surface area contributed by atoms with Gasteiger partial charge in [-0.2, -0.15) is 0 Å². The molecule has 0 unspecified atom stereocenters. The van der Waals surface area contributed by atoms with Gasteiger partial charge in [-0.3, -0.25) is 4.79 Å². The maximum atomic E-state index is 11.4. The second kappa shape index (κ2) is 7.78. The van der Waals surface area contributed by atoms with Gasteiger partial charge in [0.25, 0.3) is 0 Å². The van der Waals surface area contributed by atoms with Gasteiger partial charge in [-0.25, -0.2) is 4.98 Å². The van der Waals surface area contributed by atoms with Crippen molar-refractivity contribution in [2.24, 2.45) is 0 Å². The third-order valence-electron chi connectivity index (χ3n) is 3.06. The topological polar surface area (TPSA) is 51.2 Å². The summed E-state index contributed by atoms with van der Waals surface area (Å²) in [5, 5.41) is 6.00. The molecule has 0 bridgehead atoms. The maximum Gasteiger partial charge on any atom is 0.311 e. The Morgan fingerprint density at radius 3 is 2.62 bits per heavy atom. The summed E-state index contributed by atoms with van der Waals surface area (Å²) in [6.07, 6.45) is 1.29. The predicted molar refractivity (Wildman–Crippen MR) is 85.6 cm³/mol. The fourth-order valence-corrected chi connectivity index (χ4v) is 2.61. The number of anilines is 1. The van der Waals surface area contributed by atoms with E-state index in [9.17, 15) is 4.79 Å². The molecule has 0 saturated heterocycles. The van der Waals surface area contributed by atoms with Crippen LogP contribution in [0.25, 0.3) is 0 Å². The first kappa shape index (κ1) is 15.5. The molecule has 1 N–H and O–H groups in total.